The topological polar surface area (TPSA) is 15.3 Å². The number of benzene rings is 1. The lowest BCUT2D eigenvalue weighted by molar-refractivity contribution is 0.325. The maximum Gasteiger partial charge on any atom is 0.0394 e. The lowest BCUT2D eigenvalue weighted by Crippen LogP contribution is -2.39. The summed E-state index contributed by atoms with van der Waals surface area (Å²) < 4.78 is 0. The van der Waals surface area contributed by atoms with Crippen molar-refractivity contribution < 1.29 is 0 Å². The standard InChI is InChI=1S/C18H28N2/c1-13-8-9-18(14(2)10-13)20(3)12-16-11-15-6-4-5-7-17(15)19-16/h8-10,15-17,19H,4-7,11-12H2,1-3H3. The molecular formula is C18H28N2. The van der Waals surface area contributed by atoms with E-state index in [-0.39, 0.29) is 0 Å². The van der Waals surface area contributed by atoms with Crippen molar-refractivity contribution in [2.75, 3.05) is 18.5 Å². The van der Waals surface area contributed by atoms with Crippen molar-refractivity contribution >= 4 is 5.69 Å². The lowest BCUT2D eigenvalue weighted by atomic mass is 9.85. The van der Waals surface area contributed by atoms with E-state index in [1.807, 2.05) is 0 Å². The minimum atomic E-state index is 0.675. The third-order valence-corrected chi connectivity index (χ3v) is 5.20. The molecule has 0 radical (unpaired) electrons. The van der Waals surface area contributed by atoms with Crippen molar-refractivity contribution in [2.24, 2.45) is 5.92 Å². The van der Waals surface area contributed by atoms with Gasteiger partial charge in [-0.3, -0.25) is 0 Å². The number of hydrogen-bond donors (Lipinski definition) is 1. The van der Waals surface area contributed by atoms with E-state index in [2.05, 4.69) is 49.3 Å². The van der Waals surface area contributed by atoms with Crippen LogP contribution >= 0.6 is 0 Å². The number of hydrogen-bond acceptors (Lipinski definition) is 2. The van der Waals surface area contributed by atoms with Crippen molar-refractivity contribution in [3.05, 3.63) is 29.3 Å². The first-order valence-corrected chi connectivity index (χ1v) is 8.18. The zero-order valence-electron chi connectivity index (χ0n) is 13.2. The first-order chi connectivity index (χ1) is 9.63. The zero-order chi connectivity index (χ0) is 14.1. The second-order valence-electron chi connectivity index (χ2n) is 6.92. The molecule has 0 aromatic heterocycles. The van der Waals surface area contributed by atoms with Gasteiger partial charge in [-0.2, -0.15) is 0 Å². The molecule has 1 saturated carbocycles. The fraction of sp³-hybridized carbons (Fsp3) is 0.667. The summed E-state index contributed by atoms with van der Waals surface area (Å²) in [6.45, 7) is 5.53. The highest BCUT2D eigenvalue weighted by Crippen LogP contribution is 2.33. The van der Waals surface area contributed by atoms with Crippen molar-refractivity contribution in [1.82, 2.24) is 5.32 Å². The number of nitrogens with one attached hydrogen (secondary N) is 1. The third-order valence-electron chi connectivity index (χ3n) is 5.20. The highest BCUT2D eigenvalue weighted by molar-refractivity contribution is 5.53. The van der Waals surface area contributed by atoms with Crippen molar-refractivity contribution in [3.8, 4) is 0 Å². The summed E-state index contributed by atoms with van der Waals surface area (Å²) in [5.41, 5.74) is 4.12. The Morgan fingerprint density at radius 2 is 2.00 bits per heavy atom. The summed E-state index contributed by atoms with van der Waals surface area (Å²) in [7, 11) is 2.24. The molecule has 1 saturated heterocycles. The number of rotatable bonds is 3. The molecule has 3 unspecified atom stereocenters. The molecule has 0 spiro atoms. The maximum absolute atomic E-state index is 3.88. The summed E-state index contributed by atoms with van der Waals surface area (Å²) in [5.74, 6) is 0.946. The predicted molar refractivity (Wildman–Crippen MR) is 86.5 cm³/mol. The fourth-order valence-electron chi connectivity index (χ4n) is 4.24. The molecule has 2 fully saturated rings. The van der Waals surface area contributed by atoms with E-state index in [0.717, 1.165) is 18.5 Å². The van der Waals surface area contributed by atoms with Crippen LogP contribution in [-0.4, -0.2) is 25.7 Å². The van der Waals surface area contributed by atoms with Crippen LogP contribution < -0.4 is 10.2 Å². The Morgan fingerprint density at radius 3 is 2.75 bits per heavy atom. The number of anilines is 1. The fourth-order valence-corrected chi connectivity index (χ4v) is 4.24. The van der Waals surface area contributed by atoms with Gasteiger partial charge in [-0.15, -0.1) is 0 Å². The lowest BCUT2D eigenvalue weighted by Gasteiger charge is -2.26. The molecule has 3 rings (SSSR count). The number of aryl methyl sites for hydroxylation is 2. The van der Waals surface area contributed by atoms with E-state index in [1.165, 1.54) is 48.9 Å². The van der Waals surface area contributed by atoms with Crippen LogP contribution in [0.3, 0.4) is 0 Å². The summed E-state index contributed by atoms with van der Waals surface area (Å²) >= 11 is 0. The summed E-state index contributed by atoms with van der Waals surface area (Å²) in [6, 6.07) is 8.26. The molecule has 2 nitrogen and oxygen atoms in total. The quantitative estimate of drug-likeness (QED) is 0.903. The van der Waals surface area contributed by atoms with Crippen LogP contribution in [0, 0.1) is 19.8 Å². The van der Waals surface area contributed by atoms with E-state index in [0.29, 0.717) is 6.04 Å². The largest absolute Gasteiger partial charge is 0.373 e. The Morgan fingerprint density at radius 1 is 1.20 bits per heavy atom. The van der Waals surface area contributed by atoms with Gasteiger partial charge in [0.25, 0.3) is 0 Å². The zero-order valence-corrected chi connectivity index (χ0v) is 13.2. The molecule has 1 aromatic carbocycles. The summed E-state index contributed by atoms with van der Waals surface area (Å²) in [6.07, 6.45) is 7.09. The average molecular weight is 272 g/mol. The molecule has 2 heteroatoms. The van der Waals surface area contributed by atoms with Gasteiger partial charge in [0.15, 0.2) is 0 Å². The van der Waals surface area contributed by atoms with Crippen LogP contribution in [-0.2, 0) is 0 Å². The second kappa shape index (κ2) is 5.77. The highest BCUT2D eigenvalue weighted by Gasteiger charge is 2.35. The van der Waals surface area contributed by atoms with E-state index < -0.39 is 0 Å². The van der Waals surface area contributed by atoms with Gasteiger partial charge in [0, 0.05) is 31.4 Å². The van der Waals surface area contributed by atoms with Crippen molar-refractivity contribution in [3.63, 3.8) is 0 Å². The monoisotopic (exact) mass is 272 g/mol. The van der Waals surface area contributed by atoms with Gasteiger partial charge in [-0.05, 0) is 50.7 Å². The normalized spacial score (nSPS) is 29.2. The van der Waals surface area contributed by atoms with Crippen LogP contribution in [0.4, 0.5) is 5.69 Å². The minimum Gasteiger partial charge on any atom is -0.373 e. The van der Waals surface area contributed by atoms with Gasteiger partial charge in [-0.1, -0.05) is 30.5 Å². The van der Waals surface area contributed by atoms with E-state index in [1.54, 1.807) is 0 Å². The summed E-state index contributed by atoms with van der Waals surface area (Å²) in [4.78, 5) is 2.43. The van der Waals surface area contributed by atoms with Gasteiger partial charge in [0.05, 0.1) is 0 Å². The second-order valence-corrected chi connectivity index (χ2v) is 6.92. The van der Waals surface area contributed by atoms with Crippen LogP contribution in [0.2, 0.25) is 0 Å². The average Bonchev–Trinajstić information content (AvgIpc) is 2.80. The number of fused-ring (bicyclic) bond motifs is 1. The Balaban J connectivity index is 1.63. The van der Waals surface area contributed by atoms with E-state index >= 15 is 0 Å². The van der Waals surface area contributed by atoms with Gasteiger partial charge >= 0.3 is 0 Å². The molecule has 110 valence electrons. The third kappa shape index (κ3) is 2.85. The molecule has 2 aliphatic rings. The van der Waals surface area contributed by atoms with Crippen LogP contribution in [0.25, 0.3) is 0 Å². The molecule has 1 N–H and O–H groups in total. The van der Waals surface area contributed by atoms with Crippen LogP contribution in [0.1, 0.15) is 43.2 Å². The molecule has 1 aliphatic heterocycles. The maximum atomic E-state index is 3.88. The molecule has 1 aliphatic carbocycles. The molecule has 1 aromatic rings. The van der Waals surface area contributed by atoms with Crippen molar-refractivity contribution in [2.45, 2.75) is 58.0 Å². The molecule has 1 heterocycles. The number of likely N-dealkylation sites (N-methyl/N-ethyl adjacent to an activating group) is 1. The summed E-state index contributed by atoms with van der Waals surface area (Å²) in [5, 5.41) is 3.88. The van der Waals surface area contributed by atoms with E-state index in [4.69, 9.17) is 0 Å². The Hall–Kier alpha value is -1.02. The van der Waals surface area contributed by atoms with Gasteiger partial charge in [0.1, 0.15) is 0 Å². The molecule has 0 bridgehead atoms. The number of nitrogens with zero attached hydrogens (tertiary/aromatic N) is 1. The van der Waals surface area contributed by atoms with Gasteiger partial charge < -0.3 is 10.2 Å². The highest BCUT2D eigenvalue weighted by atomic mass is 15.1. The van der Waals surface area contributed by atoms with Crippen molar-refractivity contribution in [1.29, 1.82) is 0 Å². The molecule has 3 atom stereocenters. The first-order valence-electron chi connectivity index (χ1n) is 8.18. The SMILES string of the molecule is Cc1ccc(N(C)CC2CC3CCCCC3N2)c(C)c1. The first kappa shape index (κ1) is 13.9. The molecule has 0 amide bonds. The van der Waals surface area contributed by atoms with Crippen LogP contribution in [0.5, 0.6) is 0 Å². The predicted octanol–water partition coefficient (Wildman–Crippen LogP) is 3.66. The Labute approximate surface area is 123 Å². The Kier molecular flexibility index (Phi) is 4.02. The van der Waals surface area contributed by atoms with Gasteiger partial charge in [-0.25, -0.2) is 0 Å². The van der Waals surface area contributed by atoms with E-state index in [9.17, 15) is 0 Å². The molecule has 20 heavy (non-hydrogen) atoms. The van der Waals surface area contributed by atoms with Gasteiger partial charge in [0.2, 0.25) is 0 Å². The molecular weight excluding hydrogens is 244 g/mol. The Bertz CT molecular complexity index is 454. The minimum absolute atomic E-state index is 0.675. The van der Waals surface area contributed by atoms with Crippen LogP contribution in [0.15, 0.2) is 18.2 Å². The smallest absolute Gasteiger partial charge is 0.0394 e.